The zero-order chi connectivity index (χ0) is 16.1. The summed E-state index contributed by atoms with van der Waals surface area (Å²) < 4.78 is 11.5. The average Bonchev–Trinajstić information content (AvgIpc) is 3.07. The molecule has 2 saturated carbocycles. The molecule has 3 nitrogen and oxygen atoms in total. The Morgan fingerprint density at radius 2 is 1.78 bits per heavy atom. The highest BCUT2D eigenvalue weighted by atomic mass is 16.5. The van der Waals surface area contributed by atoms with Gasteiger partial charge in [-0.05, 0) is 69.6 Å². The highest BCUT2D eigenvalue weighted by Crippen LogP contribution is 2.32. The van der Waals surface area contributed by atoms with Crippen molar-refractivity contribution >= 4 is 0 Å². The predicted molar refractivity (Wildman–Crippen MR) is 90.8 cm³/mol. The van der Waals surface area contributed by atoms with Gasteiger partial charge in [0.05, 0.1) is 13.2 Å². The van der Waals surface area contributed by atoms with Crippen molar-refractivity contribution in [3.05, 3.63) is 23.8 Å². The number of benzene rings is 1. The van der Waals surface area contributed by atoms with Gasteiger partial charge in [-0.25, -0.2) is 0 Å². The second-order valence-corrected chi connectivity index (χ2v) is 6.73. The summed E-state index contributed by atoms with van der Waals surface area (Å²) in [6.45, 7) is 0. The van der Waals surface area contributed by atoms with E-state index in [1.807, 2.05) is 18.2 Å². The fourth-order valence-corrected chi connectivity index (χ4v) is 3.48. The molecular weight excluding hydrogens is 288 g/mol. The molecule has 1 aromatic carbocycles. The van der Waals surface area contributed by atoms with E-state index in [0.29, 0.717) is 0 Å². The summed E-state index contributed by atoms with van der Waals surface area (Å²) >= 11 is 0. The van der Waals surface area contributed by atoms with Crippen LogP contribution in [0.25, 0.3) is 0 Å². The smallest absolute Gasteiger partial charge is 0.162 e. The van der Waals surface area contributed by atoms with Crippen LogP contribution in [-0.4, -0.2) is 23.9 Å². The third-order valence-corrected chi connectivity index (χ3v) is 4.88. The van der Waals surface area contributed by atoms with Gasteiger partial charge < -0.3 is 14.6 Å². The molecule has 1 aromatic rings. The molecule has 0 amide bonds. The quantitative estimate of drug-likeness (QED) is 0.855. The molecule has 0 spiro atoms. The van der Waals surface area contributed by atoms with Crippen LogP contribution in [0.4, 0.5) is 0 Å². The van der Waals surface area contributed by atoms with E-state index in [4.69, 9.17) is 9.47 Å². The van der Waals surface area contributed by atoms with E-state index >= 15 is 0 Å². The van der Waals surface area contributed by atoms with Gasteiger partial charge in [-0.2, -0.15) is 0 Å². The molecule has 0 unspecified atom stereocenters. The lowest BCUT2D eigenvalue weighted by Crippen LogP contribution is -2.29. The summed E-state index contributed by atoms with van der Waals surface area (Å²) in [6, 6.07) is 5.77. The van der Waals surface area contributed by atoms with Crippen molar-refractivity contribution in [1.82, 2.24) is 0 Å². The summed E-state index contributed by atoms with van der Waals surface area (Å²) in [7, 11) is 1.66. The van der Waals surface area contributed by atoms with E-state index in [-0.39, 0.29) is 6.10 Å². The van der Waals surface area contributed by atoms with Crippen molar-refractivity contribution < 1.29 is 14.6 Å². The maximum Gasteiger partial charge on any atom is 0.162 e. The topological polar surface area (TPSA) is 38.7 Å². The molecule has 0 atom stereocenters. The van der Waals surface area contributed by atoms with E-state index in [1.165, 1.54) is 19.3 Å². The van der Waals surface area contributed by atoms with E-state index < -0.39 is 5.60 Å². The first kappa shape index (κ1) is 16.2. The van der Waals surface area contributed by atoms with E-state index in [0.717, 1.165) is 55.6 Å². The van der Waals surface area contributed by atoms with Crippen LogP contribution in [-0.2, 0) is 0 Å². The monoisotopic (exact) mass is 314 g/mol. The molecule has 23 heavy (non-hydrogen) atoms. The Kier molecular flexibility index (Phi) is 5.13. The van der Waals surface area contributed by atoms with Crippen LogP contribution in [0.15, 0.2) is 18.2 Å². The van der Waals surface area contributed by atoms with Gasteiger partial charge in [0.15, 0.2) is 11.5 Å². The number of hydrogen-bond donors (Lipinski definition) is 1. The van der Waals surface area contributed by atoms with Gasteiger partial charge in [0.2, 0.25) is 0 Å². The highest BCUT2D eigenvalue weighted by Gasteiger charge is 2.26. The zero-order valence-corrected chi connectivity index (χ0v) is 13.9. The summed E-state index contributed by atoms with van der Waals surface area (Å²) in [5.74, 6) is 7.73. The second-order valence-electron chi connectivity index (χ2n) is 6.73. The minimum Gasteiger partial charge on any atom is -0.493 e. The lowest BCUT2D eigenvalue weighted by molar-refractivity contribution is 0.0610. The molecule has 1 N–H and O–H groups in total. The summed E-state index contributed by atoms with van der Waals surface area (Å²) in [5, 5.41) is 10.5. The normalized spacial score (nSPS) is 20.6. The average molecular weight is 314 g/mol. The van der Waals surface area contributed by atoms with Crippen LogP contribution in [0.1, 0.15) is 63.4 Å². The Morgan fingerprint density at radius 3 is 2.48 bits per heavy atom. The SMILES string of the molecule is COc1ccc(C#CC2(O)CCCCC2)cc1OC1CCCC1. The van der Waals surface area contributed by atoms with Crippen LogP contribution in [0.2, 0.25) is 0 Å². The van der Waals surface area contributed by atoms with Crippen LogP contribution < -0.4 is 9.47 Å². The van der Waals surface area contributed by atoms with Crippen molar-refractivity contribution in [3.8, 4) is 23.3 Å². The second kappa shape index (κ2) is 7.27. The molecule has 0 aromatic heterocycles. The molecule has 3 rings (SSSR count). The first-order valence-electron chi connectivity index (χ1n) is 8.79. The summed E-state index contributed by atoms with van der Waals surface area (Å²) in [4.78, 5) is 0. The first-order chi connectivity index (χ1) is 11.2. The first-order valence-corrected chi connectivity index (χ1v) is 8.79. The molecular formula is C20H26O3. The number of ether oxygens (including phenoxy) is 2. The fourth-order valence-electron chi connectivity index (χ4n) is 3.48. The molecule has 0 aliphatic heterocycles. The van der Waals surface area contributed by atoms with Crippen LogP contribution in [0, 0.1) is 11.8 Å². The number of rotatable bonds is 3. The van der Waals surface area contributed by atoms with Gasteiger partial charge in [-0.1, -0.05) is 18.3 Å². The Labute approximate surface area is 139 Å². The van der Waals surface area contributed by atoms with Gasteiger partial charge in [0.1, 0.15) is 5.60 Å². The zero-order valence-electron chi connectivity index (χ0n) is 13.9. The molecule has 2 fully saturated rings. The van der Waals surface area contributed by atoms with Crippen molar-refractivity contribution in [2.45, 2.75) is 69.5 Å². The molecule has 0 heterocycles. The van der Waals surface area contributed by atoms with Crippen LogP contribution in [0.5, 0.6) is 11.5 Å². The Morgan fingerprint density at radius 1 is 1.04 bits per heavy atom. The predicted octanol–water partition coefficient (Wildman–Crippen LogP) is 4.06. The summed E-state index contributed by atoms with van der Waals surface area (Å²) in [6.07, 6.45) is 9.86. The minimum absolute atomic E-state index is 0.287. The molecule has 124 valence electrons. The standard InChI is InChI=1S/C20H26O3/c1-22-18-10-9-16(11-14-20(21)12-5-2-6-13-20)15-19(18)23-17-7-3-4-8-17/h9-10,15,17,21H,2-8,12-13H2,1H3. The Bertz CT molecular complexity index is 585. The molecule has 3 heteroatoms. The fraction of sp³-hybridized carbons (Fsp3) is 0.600. The van der Waals surface area contributed by atoms with E-state index in [2.05, 4.69) is 11.8 Å². The van der Waals surface area contributed by atoms with Crippen LogP contribution in [0.3, 0.4) is 0 Å². The van der Waals surface area contributed by atoms with Crippen molar-refractivity contribution in [2.75, 3.05) is 7.11 Å². The molecule has 0 saturated heterocycles. The highest BCUT2D eigenvalue weighted by molar-refractivity contribution is 5.49. The Hall–Kier alpha value is -1.66. The van der Waals surface area contributed by atoms with Crippen molar-refractivity contribution in [3.63, 3.8) is 0 Å². The lowest BCUT2D eigenvalue weighted by Gasteiger charge is -2.26. The molecule has 2 aliphatic carbocycles. The van der Waals surface area contributed by atoms with Gasteiger partial charge >= 0.3 is 0 Å². The molecule has 2 aliphatic rings. The van der Waals surface area contributed by atoms with Gasteiger partial charge in [-0.15, -0.1) is 0 Å². The largest absolute Gasteiger partial charge is 0.493 e. The van der Waals surface area contributed by atoms with Gasteiger partial charge in [-0.3, -0.25) is 0 Å². The van der Waals surface area contributed by atoms with E-state index in [1.54, 1.807) is 7.11 Å². The Balaban J connectivity index is 1.77. The third kappa shape index (κ3) is 4.20. The molecule has 0 radical (unpaired) electrons. The van der Waals surface area contributed by atoms with Crippen molar-refractivity contribution in [1.29, 1.82) is 0 Å². The number of aliphatic hydroxyl groups is 1. The summed E-state index contributed by atoms with van der Waals surface area (Å²) in [5.41, 5.74) is 0.0581. The van der Waals surface area contributed by atoms with Gasteiger partial charge in [0, 0.05) is 5.56 Å². The minimum atomic E-state index is -0.815. The molecule has 0 bridgehead atoms. The third-order valence-electron chi connectivity index (χ3n) is 4.88. The van der Waals surface area contributed by atoms with Gasteiger partial charge in [0.25, 0.3) is 0 Å². The van der Waals surface area contributed by atoms with Crippen molar-refractivity contribution in [2.24, 2.45) is 0 Å². The number of methoxy groups -OCH3 is 1. The van der Waals surface area contributed by atoms with E-state index in [9.17, 15) is 5.11 Å². The maximum atomic E-state index is 10.5. The maximum absolute atomic E-state index is 10.5. The van der Waals surface area contributed by atoms with Crippen LogP contribution >= 0.6 is 0 Å². The lowest BCUT2D eigenvalue weighted by atomic mass is 9.85. The number of hydrogen-bond acceptors (Lipinski definition) is 3.